The topological polar surface area (TPSA) is 63.0 Å². The Balaban J connectivity index is 1.74. The van der Waals surface area contributed by atoms with Crippen LogP contribution < -0.4 is 0 Å². The maximum absolute atomic E-state index is 13.2. The normalized spacial score (nSPS) is 16.2. The number of furan rings is 1. The molecule has 0 unspecified atom stereocenters. The number of ether oxygens (including phenoxy) is 1. The van der Waals surface area contributed by atoms with Gasteiger partial charge in [-0.1, -0.05) is 17.7 Å². The van der Waals surface area contributed by atoms with Gasteiger partial charge in [-0.3, -0.25) is 9.59 Å². The van der Waals surface area contributed by atoms with Crippen molar-refractivity contribution >= 4 is 23.4 Å². The molecule has 0 aliphatic carbocycles. The van der Waals surface area contributed by atoms with Crippen LogP contribution in [-0.2, 0) is 16.1 Å². The molecule has 2 aromatic rings. The molecule has 3 rings (SSSR count). The lowest BCUT2D eigenvalue weighted by atomic mass is 10.1. The fourth-order valence-corrected chi connectivity index (χ4v) is 3.59. The van der Waals surface area contributed by atoms with E-state index in [-0.39, 0.29) is 30.5 Å². The number of hydrogen-bond acceptors (Lipinski definition) is 4. The average molecular weight is 419 g/mol. The highest BCUT2D eigenvalue weighted by Crippen LogP contribution is 2.18. The molecule has 1 fully saturated rings. The largest absolute Gasteiger partial charge is 0.467 e. The van der Waals surface area contributed by atoms with Crippen LogP contribution in [0, 0.1) is 0 Å². The molecule has 1 aliphatic rings. The van der Waals surface area contributed by atoms with Crippen LogP contribution in [0.25, 0.3) is 0 Å². The summed E-state index contributed by atoms with van der Waals surface area (Å²) in [5.74, 6) is 0.348. The van der Waals surface area contributed by atoms with Gasteiger partial charge >= 0.3 is 0 Å². The summed E-state index contributed by atoms with van der Waals surface area (Å²) in [6.45, 7) is 5.33. The molecule has 1 aromatic carbocycles. The number of benzene rings is 1. The van der Waals surface area contributed by atoms with Gasteiger partial charge in [-0.25, -0.2) is 0 Å². The summed E-state index contributed by atoms with van der Waals surface area (Å²) in [6.07, 6.45) is 3.54. The van der Waals surface area contributed by atoms with Gasteiger partial charge in [0.25, 0.3) is 5.91 Å². The third kappa shape index (κ3) is 5.84. The van der Waals surface area contributed by atoms with E-state index in [1.807, 2.05) is 19.9 Å². The van der Waals surface area contributed by atoms with E-state index in [0.29, 0.717) is 29.4 Å². The molecule has 7 heteroatoms. The van der Waals surface area contributed by atoms with E-state index < -0.39 is 0 Å². The molecule has 6 nitrogen and oxygen atoms in total. The summed E-state index contributed by atoms with van der Waals surface area (Å²) in [4.78, 5) is 29.5. The zero-order valence-corrected chi connectivity index (χ0v) is 17.6. The van der Waals surface area contributed by atoms with Crippen molar-refractivity contribution in [1.29, 1.82) is 0 Å². The van der Waals surface area contributed by atoms with Crippen molar-refractivity contribution in [3.05, 3.63) is 59.0 Å². The molecule has 0 bridgehead atoms. The van der Waals surface area contributed by atoms with Gasteiger partial charge in [0, 0.05) is 29.8 Å². The van der Waals surface area contributed by atoms with Crippen molar-refractivity contribution in [1.82, 2.24) is 9.80 Å². The van der Waals surface area contributed by atoms with Crippen LogP contribution in [0.2, 0.25) is 5.02 Å². The number of rotatable bonds is 8. The van der Waals surface area contributed by atoms with Crippen LogP contribution in [0.15, 0.2) is 47.1 Å². The minimum Gasteiger partial charge on any atom is -0.467 e. The molecule has 1 atom stereocenters. The molecule has 1 saturated heterocycles. The molecule has 0 N–H and O–H groups in total. The van der Waals surface area contributed by atoms with Gasteiger partial charge in [-0.05, 0) is 57.0 Å². The van der Waals surface area contributed by atoms with E-state index >= 15 is 0 Å². The van der Waals surface area contributed by atoms with Crippen LogP contribution in [-0.4, -0.2) is 53.5 Å². The van der Waals surface area contributed by atoms with Gasteiger partial charge in [0.05, 0.1) is 18.9 Å². The highest BCUT2D eigenvalue weighted by atomic mass is 35.5. The standard InChI is InChI=1S/C22H27ClN2O4/c1-16(2)25(22(27)17-6-3-7-18(23)12-17)15-21(26)24(13-19-8-4-10-28-19)14-20-9-5-11-29-20/h3-4,6-8,10,12,16,20H,5,9,11,13-15H2,1-2H3/t20-/m1/s1. The second kappa shape index (κ2) is 9.94. The molecule has 2 amide bonds. The van der Waals surface area contributed by atoms with Crippen LogP contribution in [0.5, 0.6) is 0 Å². The van der Waals surface area contributed by atoms with E-state index in [0.717, 1.165) is 19.4 Å². The van der Waals surface area contributed by atoms with Gasteiger partial charge in [0.15, 0.2) is 0 Å². The molecule has 29 heavy (non-hydrogen) atoms. The Morgan fingerprint density at radius 2 is 2.07 bits per heavy atom. The van der Waals surface area contributed by atoms with E-state index in [1.54, 1.807) is 46.4 Å². The maximum Gasteiger partial charge on any atom is 0.254 e. The van der Waals surface area contributed by atoms with E-state index in [4.69, 9.17) is 20.8 Å². The Bertz CT molecular complexity index is 816. The van der Waals surface area contributed by atoms with E-state index in [2.05, 4.69) is 0 Å². The van der Waals surface area contributed by atoms with E-state index in [1.165, 1.54) is 0 Å². The lowest BCUT2D eigenvalue weighted by Gasteiger charge is -2.31. The Labute approximate surface area is 176 Å². The predicted molar refractivity (Wildman–Crippen MR) is 111 cm³/mol. The second-order valence-corrected chi connectivity index (χ2v) is 7.96. The lowest BCUT2D eigenvalue weighted by Crippen LogP contribution is -2.47. The maximum atomic E-state index is 13.2. The first-order chi connectivity index (χ1) is 13.9. The summed E-state index contributed by atoms with van der Waals surface area (Å²) in [5.41, 5.74) is 0.468. The van der Waals surface area contributed by atoms with Gasteiger partial charge < -0.3 is 19.0 Å². The number of hydrogen-bond donors (Lipinski definition) is 0. The van der Waals surface area contributed by atoms with Crippen LogP contribution in [0.4, 0.5) is 0 Å². The van der Waals surface area contributed by atoms with Gasteiger partial charge in [0.1, 0.15) is 12.3 Å². The molecule has 0 saturated carbocycles. The smallest absolute Gasteiger partial charge is 0.254 e. The fraction of sp³-hybridized carbons (Fsp3) is 0.455. The summed E-state index contributed by atoms with van der Waals surface area (Å²) < 4.78 is 11.1. The van der Waals surface area contributed by atoms with Gasteiger partial charge in [0.2, 0.25) is 5.91 Å². The van der Waals surface area contributed by atoms with Crippen molar-refractivity contribution in [2.75, 3.05) is 19.7 Å². The summed E-state index contributed by atoms with van der Waals surface area (Å²) >= 11 is 6.03. The molecule has 2 heterocycles. The molecule has 0 spiro atoms. The number of halogens is 1. The van der Waals surface area contributed by atoms with Crippen molar-refractivity contribution in [2.45, 2.75) is 45.4 Å². The monoisotopic (exact) mass is 418 g/mol. The Morgan fingerprint density at radius 3 is 2.69 bits per heavy atom. The predicted octanol–water partition coefficient (Wildman–Crippen LogP) is 3.99. The number of carbonyl (C=O) groups is 2. The van der Waals surface area contributed by atoms with Crippen molar-refractivity contribution < 1.29 is 18.7 Å². The summed E-state index contributed by atoms with van der Waals surface area (Å²) in [7, 11) is 0. The summed E-state index contributed by atoms with van der Waals surface area (Å²) in [5, 5.41) is 0.490. The molecule has 1 aliphatic heterocycles. The number of nitrogens with zero attached hydrogens (tertiary/aromatic N) is 2. The van der Waals surface area contributed by atoms with Crippen molar-refractivity contribution in [2.24, 2.45) is 0 Å². The highest BCUT2D eigenvalue weighted by molar-refractivity contribution is 6.31. The third-order valence-electron chi connectivity index (χ3n) is 4.99. The highest BCUT2D eigenvalue weighted by Gasteiger charge is 2.28. The molecular formula is C22H27ClN2O4. The average Bonchev–Trinajstić information content (AvgIpc) is 3.39. The zero-order valence-electron chi connectivity index (χ0n) is 16.8. The van der Waals surface area contributed by atoms with Crippen LogP contribution >= 0.6 is 11.6 Å². The van der Waals surface area contributed by atoms with Crippen molar-refractivity contribution in [3.63, 3.8) is 0 Å². The number of amides is 2. The second-order valence-electron chi connectivity index (χ2n) is 7.53. The molecule has 156 valence electrons. The Morgan fingerprint density at radius 1 is 1.24 bits per heavy atom. The van der Waals surface area contributed by atoms with Crippen LogP contribution in [0.3, 0.4) is 0 Å². The first kappa shape index (κ1) is 21.4. The molecule has 0 radical (unpaired) electrons. The van der Waals surface area contributed by atoms with E-state index in [9.17, 15) is 9.59 Å². The molecule has 1 aromatic heterocycles. The third-order valence-corrected chi connectivity index (χ3v) is 5.22. The van der Waals surface area contributed by atoms with Gasteiger partial charge in [-0.2, -0.15) is 0 Å². The summed E-state index contributed by atoms with van der Waals surface area (Å²) in [6, 6.07) is 10.3. The quantitative estimate of drug-likeness (QED) is 0.650. The minimum atomic E-state index is -0.217. The first-order valence-corrected chi connectivity index (χ1v) is 10.3. The lowest BCUT2D eigenvalue weighted by molar-refractivity contribution is -0.134. The fourth-order valence-electron chi connectivity index (χ4n) is 3.40. The van der Waals surface area contributed by atoms with Crippen LogP contribution in [0.1, 0.15) is 42.8 Å². The minimum absolute atomic E-state index is 0.0174. The zero-order chi connectivity index (χ0) is 20.8. The SMILES string of the molecule is CC(C)N(CC(=O)N(Cc1ccco1)C[C@H]1CCCO1)C(=O)c1cccc(Cl)c1. The first-order valence-electron chi connectivity index (χ1n) is 9.92. The number of carbonyl (C=O) groups excluding carboxylic acids is 2. The Kier molecular flexibility index (Phi) is 7.34. The van der Waals surface area contributed by atoms with Gasteiger partial charge in [-0.15, -0.1) is 0 Å². The molecular weight excluding hydrogens is 392 g/mol. The Hall–Kier alpha value is -2.31. The van der Waals surface area contributed by atoms with Crippen molar-refractivity contribution in [3.8, 4) is 0 Å².